The minimum absolute atomic E-state index is 0.176. The Hall–Kier alpha value is -2.07. The van der Waals surface area contributed by atoms with Crippen LogP contribution in [0.15, 0.2) is 47.4 Å². The van der Waals surface area contributed by atoms with E-state index in [1.54, 1.807) is 0 Å². The van der Waals surface area contributed by atoms with Crippen molar-refractivity contribution in [2.24, 2.45) is 0 Å². The first kappa shape index (κ1) is 20.2. The molecule has 2 aromatic carbocycles. The number of hydrogen-bond acceptors (Lipinski definition) is 3. The minimum Gasteiger partial charge on any atom is -0.604 e. The van der Waals surface area contributed by atoms with Crippen LogP contribution in [-0.4, -0.2) is 17.2 Å². The molecule has 0 fully saturated rings. The molecule has 0 amide bonds. The van der Waals surface area contributed by atoms with Crippen molar-refractivity contribution in [1.82, 2.24) is 0 Å². The van der Waals surface area contributed by atoms with Gasteiger partial charge in [-0.3, -0.25) is 0 Å². The zero-order chi connectivity index (χ0) is 19.5. The van der Waals surface area contributed by atoms with Crippen LogP contribution in [0.25, 0.3) is 0 Å². The second-order valence-corrected chi connectivity index (χ2v) is 6.45. The molecule has 3 nitrogen and oxygen atoms in total. The SMILES string of the molecule is COc1ccc([S+]([O-])C(F)(F)F)c(OCc2ccc(C(F)(F)F)cc2)c1. The van der Waals surface area contributed by atoms with Gasteiger partial charge in [-0.25, -0.2) is 0 Å². The fourth-order valence-electron chi connectivity index (χ4n) is 1.96. The molecule has 2 aromatic rings. The summed E-state index contributed by atoms with van der Waals surface area (Å²) in [7, 11) is 1.29. The highest BCUT2D eigenvalue weighted by molar-refractivity contribution is 7.92. The largest absolute Gasteiger partial charge is 0.604 e. The quantitative estimate of drug-likeness (QED) is 0.530. The molecule has 1 atom stereocenters. The normalized spacial score (nSPS) is 13.4. The first-order valence-corrected chi connectivity index (χ1v) is 8.13. The van der Waals surface area contributed by atoms with Crippen molar-refractivity contribution in [3.63, 3.8) is 0 Å². The summed E-state index contributed by atoms with van der Waals surface area (Å²) in [5, 5.41) is 0. The maximum absolute atomic E-state index is 12.7. The van der Waals surface area contributed by atoms with E-state index < -0.39 is 33.3 Å². The van der Waals surface area contributed by atoms with Crippen molar-refractivity contribution < 1.29 is 40.4 Å². The molecule has 0 bridgehead atoms. The summed E-state index contributed by atoms with van der Waals surface area (Å²) in [6, 6.07) is 7.24. The van der Waals surface area contributed by atoms with E-state index in [1.807, 2.05) is 0 Å². The molecule has 0 aromatic heterocycles. The molecule has 0 saturated carbocycles. The molecule has 0 aliphatic carbocycles. The standard InChI is InChI=1S/C16H12F6O3S/c1-24-12-6-7-14(26(23)16(20,21)22)13(8-12)25-9-10-2-4-11(5-3-10)15(17,18)19/h2-8H,9H2,1H3. The van der Waals surface area contributed by atoms with Gasteiger partial charge >= 0.3 is 11.7 Å². The zero-order valence-corrected chi connectivity index (χ0v) is 14.0. The van der Waals surface area contributed by atoms with Gasteiger partial charge in [0.2, 0.25) is 4.90 Å². The maximum Gasteiger partial charge on any atom is 0.578 e. The van der Waals surface area contributed by atoms with E-state index in [0.717, 1.165) is 36.4 Å². The van der Waals surface area contributed by atoms with Crippen LogP contribution in [0.1, 0.15) is 11.1 Å². The zero-order valence-electron chi connectivity index (χ0n) is 13.1. The molecule has 0 aliphatic heterocycles. The van der Waals surface area contributed by atoms with Crippen LogP contribution < -0.4 is 9.47 Å². The molecular formula is C16H12F6O3S. The Labute approximate surface area is 147 Å². The van der Waals surface area contributed by atoms with Gasteiger partial charge in [-0.15, -0.1) is 13.2 Å². The molecule has 0 aliphatic rings. The molecule has 142 valence electrons. The van der Waals surface area contributed by atoms with Crippen LogP contribution in [0.4, 0.5) is 26.3 Å². The van der Waals surface area contributed by atoms with Gasteiger partial charge in [0.25, 0.3) is 0 Å². The molecule has 10 heteroatoms. The number of alkyl halides is 6. The summed E-state index contributed by atoms with van der Waals surface area (Å²) in [4.78, 5) is -0.606. The van der Waals surface area contributed by atoms with Gasteiger partial charge in [-0.05, 0) is 23.8 Å². The maximum atomic E-state index is 12.7. The third-order valence-electron chi connectivity index (χ3n) is 3.24. The Balaban J connectivity index is 2.22. The van der Waals surface area contributed by atoms with Gasteiger partial charge in [0.15, 0.2) is 5.75 Å². The number of halogens is 6. The summed E-state index contributed by atoms with van der Waals surface area (Å²) in [6.07, 6.45) is -4.50. The second-order valence-electron chi connectivity index (χ2n) is 5.01. The molecule has 0 N–H and O–H groups in total. The monoisotopic (exact) mass is 398 g/mol. The van der Waals surface area contributed by atoms with E-state index in [9.17, 15) is 30.9 Å². The summed E-state index contributed by atoms with van der Waals surface area (Å²) in [5.74, 6) is -0.157. The first-order chi connectivity index (χ1) is 12.0. The average Bonchev–Trinajstić information content (AvgIpc) is 2.57. The number of hydrogen-bond donors (Lipinski definition) is 0. The topological polar surface area (TPSA) is 41.5 Å². The predicted octanol–water partition coefficient (Wildman–Crippen LogP) is 4.92. The molecule has 0 saturated heterocycles. The first-order valence-electron chi connectivity index (χ1n) is 6.98. The van der Waals surface area contributed by atoms with Crippen LogP contribution >= 0.6 is 0 Å². The smallest absolute Gasteiger partial charge is 0.578 e. The number of ether oxygens (including phenoxy) is 2. The van der Waals surface area contributed by atoms with Crippen molar-refractivity contribution in [1.29, 1.82) is 0 Å². The lowest BCUT2D eigenvalue weighted by atomic mass is 10.1. The van der Waals surface area contributed by atoms with E-state index in [0.29, 0.717) is 5.56 Å². The number of benzene rings is 2. The molecule has 0 spiro atoms. The Morgan fingerprint density at radius 2 is 1.58 bits per heavy atom. The van der Waals surface area contributed by atoms with Gasteiger partial charge in [0.05, 0.1) is 12.7 Å². The summed E-state index contributed by atoms with van der Waals surface area (Å²) in [6.45, 7) is -0.312. The summed E-state index contributed by atoms with van der Waals surface area (Å²) < 4.78 is 97.5. The van der Waals surface area contributed by atoms with Crippen molar-refractivity contribution in [2.45, 2.75) is 23.2 Å². The lowest BCUT2D eigenvalue weighted by Crippen LogP contribution is -2.24. The van der Waals surface area contributed by atoms with Crippen molar-refractivity contribution >= 4 is 11.2 Å². The Morgan fingerprint density at radius 1 is 0.962 bits per heavy atom. The highest BCUT2D eigenvalue weighted by Gasteiger charge is 2.47. The predicted molar refractivity (Wildman–Crippen MR) is 81.2 cm³/mol. The molecule has 0 heterocycles. The Bertz CT molecular complexity index is 743. The number of rotatable bonds is 5. The van der Waals surface area contributed by atoms with Gasteiger partial charge in [0, 0.05) is 12.1 Å². The van der Waals surface area contributed by atoms with Crippen LogP contribution in [0, 0.1) is 0 Å². The van der Waals surface area contributed by atoms with Crippen LogP contribution in [0.5, 0.6) is 11.5 Å². The van der Waals surface area contributed by atoms with Gasteiger partial charge < -0.3 is 14.0 Å². The lowest BCUT2D eigenvalue weighted by molar-refractivity contribution is -0.137. The van der Waals surface area contributed by atoms with Gasteiger partial charge in [-0.2, -0.15) is 13.2 Å². The molecule has 0 radical (unpaired) electrons. The van der Waals surface area contributed by atoms with E-state index in [2.05, 4.69) is 0 Å². The van der Waals surface area contributed by atoms with E-state index >= 15 is 0 Å². The fourth-order valence-corrected chi connectivity index (χ4v) is 2.70. The van der Waals surface area contributed by atoms with Crippen molar-refractivity contribution in [3.8, 4) is 11.5 Å². The van der Waals surface area contributed by atoms with Gasteiger partial charge in [-0.1, -0.05) is 12.1 Å². The van der Waals surface area contributed by atoms with E-state index in [-0.39, 0.29) is 18.1 Å². The summed E-state index contributed by atoms with van der Waals surface area (Å²) >= 11 is -3.33. The molecule has 26 heavy (non-hydrogen) atoms. The fraction of sp³-hybridized carbons (Fsp3) is 0.250. The minimum atomic E-state index is -4.99. The lowest BCUT2D eigenvalue weighted by Gasteiger charge is -2.16. The Kier molecular flexibility index (Phi) is 5.97. The van der Waals surface area contributed by atoms with Crippen molar-refractivity contribution in [3.05, 3.63) is 53.6 Å². The van der Waals surface area contributed by atoms with Gasteiger partial charge in [0.1, 0.15) is 23.5 Å². The van der Waals surface area contributed by atoms with E-state index in [1.165, 1.54) is 13.2 Å². The average molecular weight is 398 g/mol. The van der Waals surface area contributed by atoms with E-state index in [4.69, 9.17) is 9.47 Å². The second kappa shape index (κ2) is 7.67. The Morgan fingerprint density at radius 3 is 2.08 bits per heavy atom. The summed E-state index contributed by atoms with van der Waals surface area (Å²) in [5.41, 5.74) is -5.55. The molecule has 2 rings (SSSR count). The highest BCUT2D eigenvalue weighted by atomic mass is 32.2. The molecular weight excluding hydrogens is 386 g/mol. The van der Waals surface area contributed by atoms with Crippen LogP contribution in [-0.2, 0) is 24.0 Å². The highest BCUT2D eigenvalue weighted by Crippen LogP contribution is 2.37. The van der Waals surface area contributed by atoms with Crippen LogP contribution in [0.3, 0.4) is 0 Å². The van der Waals surface area contributed by atoms with Crippen LogP contribution in [0.2, 0.25) is 0 Å². The third-order valence-corrected chi connectivity index (χ3v) is 4.39. The van der Waals surface area contributed by atoms with Crippen molar-refractivity contribution in [2.75, 3.05) is 7.11 Å². The third kappa shape index (κ3) is 4.98. The molecule has 1 unspecified atom stereocenters. The number of methoxy groups -OCH3 is 1.